The predicted octanol–water partition coefficient (Wildman–Crippen LogP) is 1.44. The van der Waals surface area contributed by atoms with Gasteiger partial charge in [0.05, 0.1) is 9.75 Å². The summed E-state index contributed by atoms with van der Waals surface area (Å²) in [4.78, 5) is 11.6. The van der Waals surface area contributed by atoms with Crippen LogP contribution in [-0.2, 0) is 0 Å². The van der Waals surface area contributed by atoms with Crippen molar-refractivity contribution in [1.82, 2.24) is 0 Å². The van der Waals surface area contributed by atoms with Crippen molar-refractivity contribution in [2.24, 2.45) is 0 Å². The molecule has 0 aliphatic heterocycles. The van der Waals surface area contributed by atoms with E-state index >= 15 is 0 Å². The molecule has 0 radical (unpaired) electrons. The number of nitriles is 1. The molecule has 2 nitrogen and oxygen atoms in total. The van der Waals surface area contributed by atoms with E-state index in [1.165, 1.54) is 11.3 Å². The fourth-order valence-corrected chi connectivity index (χ4v) is 1.25. The second-order valence-corrected chi connectivity index (χ2v) is 2.80. The summed E-state index contributed by atoms with van der Waals surface area (Å²) in [5, 5.41) is 8.10. The topological polar surface area (TPSA) is 40.9 Å². The van der Waals surface area contributed by atoms with E-state index < -0.39 is 0 Å². The molecular formula is C8H3NOS. The molecule has 0 aliphatic rings. The lowest BCUT2D eigenvalue weighted by Crippen LogP contribution is -1.62. The van der Waals surface area contributed by atoms with Crippen LogP contribution >= 0.6 is 11.3 Å². The van der Waals surface area contributed by atoms with Gasteiger partial charge in [-0.15, -0.1) is 11.3 Å². The molecule has 1 heterocycles. The van der Waals surface area contributed by atoms with Crippen molar-refractivity contribution in [3.05, 3.63) is 21.9 Å². The van der Waals surface area contributed by atoms with Gasteiger partial charge < -0.3 is 0 Å². The standard InChI is InChI=1S/C8H3NOS/c9-5-1-2-7-3-4-8(6-10)11-7/h3-4,6H. The number of hydrogen-bond donors (Lipinski definition) is 0. The van der Waals surface area contributed by atoms with E-state index in [1.807, 2.05) is 0 Å². The molecule has 0 amide bonds. The minimum atomic E-state index is 0.632. The van der Waals surface area contributed by atoms with Gasteiger partial charge in [0.15, 0.2) is 12.4 Å². The zero-order valence-corrected chi connectivity index (χ0v) is 6.31. The summed E-state index contributed by atoms with van der Waals surface area (Å²) in [6.45, 7) is 0. The maximum Gasteiger partial charge on any atom is 0.160 e. The van der Waals surface area contributed by atoms with E-state index in [4.69, 9.17) is 5.26 Å². The van der Waals surface area contributed by atoms with E-state index in [0.717, 1.165) is 11.2 Å². The van der Waals surface area contributed by atoms with Crippen LogP contribution in [0.25, 0.3) is 0 Å². The quantitative estimate of drug-likeness (QED) is 0.462. The molecule has 1 aromatic heterocycles. The van der Waals surface area contributed by atoms with Crippen LogP contribution in [-0.4, -0.2) is 6.29 Å². The van der Waals surface area contributed by atoms with Crippen LogP contribution in [0.4, 0.5) is 0 Å². The van der Waals surface area contributed by atoms with Crippen LogP contribution < -0.4 is 0 Å². The zero-order valence-electron chi connectivity index (χ0n) is 5.50. The van der Waals surface area contributed by atoms with Gasteiger partial charge in [-0.3, -0.25) is 4.79 Å². The highest BCUT2D eigenvalue weighted by molar-refractivity contribution is 7.14. The van der Waals surface area contributed by atoms with Gasteiger partial charge in [-0.2, -0.15) is 5.26 Å². The van der Waals surface area contributed by atoms with Gasteiger partial charge in [-0.1, -0.05) is 0 Å². The molecule has 3 heteroatoms. The smallest absolute Gasteiger partial charge is 0.160 e. The molecule has 0 N–H and O–H groups in total. The summed E-state index contributed by atoms with van der Waals surface area (Å²) < 4.78 is 0. The Kier molecular flexibility index (Phi) is 2.43. The summed E-state index contributed by atoms with van der Waals surface area (Å²) in [6.07, 6.45) is 0.766. The molecule has 1 rings (SSSR count). The Labute approximate surface area is 68.1 Å². The molecule has 0 atom stereocenters. The Morgan fingerprint density at radius 1 is 1.55 bits per heavy atom. The van der Waals surface area contributed by atoms with Crippen molar-refractivity contribution in [2.75, 3.05) is 0 Å². The molecule has 11 heavy (non-hydrogen) atoms. The highest BCUT2D eigenvalue weighted by Gasteiger charge is 1.93. The Bertz CT molecular complexity index is 361. The predicted molar refractivity (Wildman–Crippen MR) is 42.2 cm³/mol. The second kappa shape index (κ2) is 3.55. The minimum Gasteiger partial charge on any atom is -0.297 e. The van der Waals surface area contributed by atoms with Gasteiger partial charge in [0, 0.05) is 5.92 Å². The van der Waals surface area contributed by atoms with Gasteiger partial charge >= 0.3 is 0 Å². The number of carbonyl (C=O) groups is 1. The van der Waals surface area contributed by atoms with Gasteiger partial charge in [0.2, 0.25) is 0 Å². The molecule has 0 bridgehead atoms. The first-order chi connectivity index (χ1) is 5.36. The number of aldehydes is 1. The number of nitrogens with zero attached hydrogens (tertiary/aromatic N) is 1. The first-order valence-corrected chi connectivity index (χ1v) is 3.63. The summed E-state index contributed by atoms with van der Waals surface area (Å²) >= 11 is 1.28. The first kappa shape index (κ1) is 7.53. The van der Waals surface area contributed by atoms with Crippen LogP contribution in [0.2, 0.25) is 0 Å². The number of thiophene rings is 1. The van der Waals surface area contributed by atoms with Crippen molar-refractivity contribution >= 4 is 17.6 Å². The zero-order chi connectivity index (χ0) is 8.10. The fraction of sp³-hybridized carbons (Fsp3) is 0. The molecule has 0 spiro atoms. The van der Waals surface area contributed by atoms with Crippen LogP contribution in [0.1, 0.15) is 14.5 Å². The molecule has 0 saturated heterocycles. The van der Waals surface area contributed by atoms with E-state index in [9.17, 15) is 4.79 Å². The fourth-order valence-electron chi connectivity index (χ4n) is 0.573. The molecule has 0 saturated carbocycles. The summed E-state index contributed by atoms with van der Waals surface area (Å²) in [5.41, 5.74) is 0. The summed E-state index contributed by atoms with van der Waals surface area (Å²) in [5.74, 6) is 4.85. The van der Waals surface area contributed by atoms with E-state index in [0.29, 0.717) is 4.88 Å². The monoisotopic (exact) mass is 161 g/mol. The van der Waals surface area contributed by atoms with Crippen molar-refractivity contribution in [1.29, 1.82) is 5.26 Å². The van der Waals surface area contributed by atoms with Crippen molar-refractivity contribution < 1.29 is 4.79 Å². The van der Waals surface area contributed by atoms with Crippen molar-refractivity contribution in [2.45, 2.75) is 0 Å². The lowest BCUT2D eigenvalue weighted by Gasteiger charge is -1.72. The van der Waals surface area contributed by atoms with E-state index in [1.54, 1.807) is 18.2 Å². The maximum absolute atomic E-state index is 10.2. The maximum atomic E-state index is 10.2. The number of carbonyl (C=O) groups excluding carboxylic acids is 1. The summed E-state index contributed by atoms with van der Waals surface area (Å²) in [6, 6.07) is 5.10. The highest BCUT2D eigenvalue weighted by atomic mass is 32.1. The number of rotatable bonds is 1. The van der Waals surface area contributed by atoms with Crippen molar-refractivity contribution in [3.63, 3.8) is 0 Å². The third-order valence-electron chi connectivity index (χ3n) is 0.985. The Morgan fingerprint density at radius 2 is 2.36 bits per heavy atom. The Morgan fingerprint density at radius 3 is 2.91 bits per heavy atom. The third-order valence-corrected chi connectivity index (χ3v) is 1.91. The average Bonchev–Trinajstić information content (AvgIpc) is 2.48. The normalized spacial score (nSPS) is 7.55. The molecule has 1 aromatic rings. The lowest BCUT2D eigenvalue weighted by molar-refractivity contribution is 0.112. The van der Waals surface area contributed by atoms with Gasteiger partial charge in [0.25, 0.3) is 0 Å². The first-order valence-electron chi connectivity index (χ1n) is 2.82. The number of hydrogen-bond acceptors (Lipinski definition) is 3. The summed E-state index contributed by atoms with van der Waals surface area (Å²) in [7, 11) is 0. The molecule has 0 aliphatic carbocycles. The van der Waals surface area contributed by atoms with Gasteiger partial charge in [-0.05, 0) is 18.1 Å². The van der Waals surface area contributed by atoms with E-state index in [-0.39, 0.29) is 0 Å². The van der Waals surface area contributed by atoms with Gasteiger partial charge in [0.1, 0.15) is 0 Å². The molecule has 0 fully saturated rings. The molecular weight excluding hydrogens is 158 g/mol. The van der Waals surface area contributed by atoms with Crippen LogP contribution in [0.3, 0.4) is 0 Å². The Hall–Kier alpha value is -1.58. The largest absolute Gasteiger partial charge is 0.297 e. The van der Waals surface area contributed by atoms with Crippen LogP contribution in [0.5, 0.6) is 0 Å². The van der Waals surface area contributed by atoms with Crippen molar-refractivity contribution in [3.8, 4) is 17.9 Å². The van der Waals surface area contributed by atoms with E-state index in [2.05, 4.69) is 11.8 Å². The average molecular weight is 161 g/mol. The minimum absolute atomic E-state index is 0.632. The lowest BCUT2D eigenvalue weighted by atomic mass is 10.4. The Balaban J connectivity index is 2.91. The molecule has 0 aromatic carbocycles. The van der Waals surface area contributed by atoms with Crippen LogP contribution in [0.15, 0.2) is 12.1 Å². The third kappa shape index (κ3) is 1.93. The molecule has 52 valence electrons. The van der Waals surface area contributed by atoms with Gasteiger partial charge in [-0.25, -0.2) is 0 Å². The SMILES string of the molecule is N#CC#Cc1ccc(C=O)s1. The second-order valence-electron chi connectivity index (χ2n) is 1.68. The molecule has 0 unspecified atom stereocenters. The highest BCUT2D eigenvalue weighted by Crippen LogP contribution is 2.12. The van der Waals surface area contributed by atoms with Crippen LogP contribution in [0, 0.1) is 23.2 Å².